The van der Waals surface area contributed by atoms with Crippen molar-refractivity contribution in [1.29, 1.82) is 0 Å². The van der Waals surface area contributed by atoms with E-state index >= 15 is 0 Å². The largest absolute Gasteiger partial charge is 0.465 e. The topological polar surface area (TPSA) is 41.6 Å². The monoisotopic (exact) mass is 270 g/mol. The molecule has 0 amide bonds. The third-order valence-electron chi connectivity index (χ3n) is 3.97. The van der Waals surface area contributed by atoms with Crippen LogP contribution >= 0.6 is 0 Å². The first kappa shape index (κ1) is 16.4. The number of carbonyl (C=O) groups is 1. The minimum atomic E-state index is -0.587. The number of rotatable bonds is 9. The van der Waals surface area contributed by atoms with Gasteiger partial charge in [-0.15, -0.1) is 0 Å². The van der Waals surface area contributed by atoms with Crippen LogP contribution < -0.4 is 5.32 Å². The van der Waals surface area contributed by atoms with Crippen molar-refractivity contribution in [3.63, 3.8) is 0 Å². The van der Waals surface area contributed by atoms with Gasteiger partial charge >= 0.3 is 5.97 Å². The fraction of sp³-hybridized carbons (Fsp3) is 0.933. The second-order valence-corrected chi connectivity index (χ2v) is 5.79. The van der Waals surface area contributed by atoms with Gasteiger partial charge in [-0.2, -0.15) is 0 Å². The Morgan fingerprint density at radius 3 is 2.47 bits per heavy atom. The van der Waals surface area contributed by atoms with Crippen LogP contribution in [-0.4, -0.2) is 48.2 Å². The minimum Gasteiger partial charge on any atom is -0.465 e. The Morgan fingerprint density at radius 2 is 2.05 bits per heavy atom. The molecule has 1 fully saturated rings. The van der Waals surface area contributed by atoms with Crippen molar-refractivity contribution in [3.8, 4) is 0 Å². The van der Waals surface area contributed by atoms with Crippen LogP contribution in [0.2, 0.25) is 0 Å². The fourth-order valence-electron chi connectivity index (χ4n) is 2.38. The number of nitrogens with one attached hydrogen (secondary N) is 1. The van der Waals surface area contributed by atoms with Crippen LogP contribution in [0, 0.1) is 0 Å². The molecule has 4 nitrogen and oxygen atoms in total. The van der Waals surface area contributed by atoms with E-state index in [-0.39, 0.29) is 5.97 Å². The number of esters is 1. The van der Waals surface area contributed by atoms with Crippen LogP contribution in [0.25, 0.3) is 0 Å². The molecule has 0 aromatic heterocycles. The number of likely N-dealkylation sites (N-methyl/N-ethyl adjacent to an activating group) is 1. The summed E-state index contributed by atoms with van der Waals surface area (Å²) in [6.07, 6.45) is 3.44. The maximum absolute atomic E-state index is 12.3. The van der Waals surface area contributed by atoms with E-state index < -0.39 is 5.54 Å². The molecule has 0 bridgehead atoms. The Morgan fingerprint density at radius 1 is 1.42 bits per heavy atom. The van der Waals surface area contributed by atoms with Crippen LogP contribution in [0.3, 0.4) is 0 Å². The van der Waals surface area contributed by atoms with Crippen molar-refractivity contribution in [2.75, 3.05) is 19.7 Å². The van der Waals surface area contributed by atoms with Crippen LogP contribution in [0.1, 0.15) is 53.9 Å². The SMILES string of the molecule is CCOC(=O)C(C)(CN(CC)C(C)CC)NC1CC1. The van der Waals surface area contributed by atoms with Crippen LogP contribution in [-0.2, 0) is 9.53 Å². The Balaban J connectivity index is 2.73. The van der Waals surface area contributed by atoms with Crippen molar-refractivity contribution >= 4 is 5.97 Å². The van der Waals surface area contributed by atoms with E-state index in [0.717, 1.165) is 13.0 Å². The zero-order valence-corrected chi connectivity index (χ0v) is 13.2. The van der Waals surface area contributed by atoms with E-state index in [1.54, 1.807) is 0 Å². The molecule has 1 saturated carbocycles. The highest BCUT2D eigenvalue weighted by atomic mass is 16.5. The highest BCUT2D eigenvalue weighted by Crippen LogP contribution is 2.24. The molecule has 2 atom stereocenters. The maximum Gasteiger partial charge on any atom is 0.327 e. The molecule has 0 aromatic rings. The van der Waals surface area contributed by atoms with Crippen LogP contribution in [0.15, 0.2) is 0 Å². The molecule has 0 spiro atoms. The molecule has 0 aromatic carbocycles. The Labute approximate surface area is 117 Å². The van der Waals surface area contributed by atoms with Gasteiger partial charge in [0.05, 0.1) is 6.61 Å². The number of carbonyl (C=O) groups excluding carboxylic acids is 1. The van der Waals surface area contributed by atoms with Gasteiger partial charge in [-0.1, -0.05) is 13.8 Å². The zero-order chi connectivity index (χ0) is 14.5. The molecular weight excluding hydrogens is 240 g/mol. The van der Waals surface area contributed by atoms with Gasteiger partial charge in [0, 0.05) is 18.6 Å². The van der Waals surface area contributed by atoms with Gasteiger partial charge in [-0.05, 0) is 46.6 Å². The lowest BCUT2D eigenvalue weighted by Crippen LogP contribution is -2.59. The maximum atomic E-state index is 12.3. The first-order valence-corrected chi connectivity index (χ1v) is 7.65. The van der Waals surface area contributed by atoms with E-state index in [1.165, 1.54) is 12.8 Å². The molecule has 19 heavy (non-hydrogen) atoms. The molecule has 112 valence electrons. The summed E-state index contributed by atoms with van der Waals surface area (Å²) in [5.41, 5.74) is -0.587. The summed E-state index contributed by atoms with van der Waals surface area (Å²) in [5.74, 6) is -0.122. The summed E-state index contributed by atoms with van der Waals surface area (Å²) < 4.78 is 5.27. The summed E-state index contributed by atoms with van der Waals surface area (Å²) in [4.78, 5) is 14.6. The Bertz CT molecular complexity index is 292. The third-order valence-corrected chi connectivity index (χ3v) is 3.97. The molecule has 2 unspecified atom stereocenters. The van der Waals surface area contributed by atoms with Gasteiger partial charge in [-0.25, -0.2) is 0 Å². The van der Waals surface area contributed by atoms with Crippen molar-refractivity contribution in [2.24, 2.45) is 0 Å². The van der Waals surface area contributed by atoms with Gasteiger partial charge in [0.2, 0.25) is 0 Å². The standard InChI is InChI=1S/C15H30N2O2/c1-6-12(4)17(7-2)11-15(5,14(18)19-8-3)16-13-9-10-13/h12-13,16H,6-11H2,1-5H3. The molecule has 1 aliphatic rings. The molecule has 1 aliphatic carbocycles. The summed E-state index contributed by atoms with van der Waals surface area (Å²) in [7, 11) is 0. The summed E-state index contributed by atoms with van der Waals surface area (Å²) in [6, 6.07) is 0.977. The highest BCUT2D eigenvalue weighted by Gasteiger charge is 2.41. The van der Waals surface area contributed by atoms with Crippen LogP contribution in [0.5, 0.6) is 0 Å². The Hall–Kier alpha value is -0.610. The van der Waals surface area contributed by atoms with Crippen LogP contribution in [0.4, 0.5) is 0 Å². The predicted octanol–water partition coefficient (Wildman–Crippen LogP) is 2.18. The Kier molecular flexibility index (Phi) is 6.27. The van der Waals surface area contributed by atoms with Gasteiger partial charge in [0.25, 0.3) is 0 Å². The molecule has 0 heterocycles. The average Bonchev–Trinajstić information content (AvgIpc) is 3.19. The molecule has 0 radical (unpaired) electrons. The minimum absolute atomic E-state index is 0.122. The second-order valence-electron chi connectivity index (χ2n) is 5.79. The first-order chi connectivity index (χ1) is 8.96. The zero-order valence-electron chi connectivity index (χ0n) is 13.2. The third kappa shape index (κ3) is 4.77. The molecule has 0 saturated heterocycles. The normalized spacial score (nSPS) is 20.1. The molecule has 4 heteroatoms. The van der Waals surface area contributed by atoms with E-state index in [2.05, 4.69) is 31.0 Å². The fourth-order valence-corrected chi connectivity index (χ4v) is 2.38. The van der Waals surface area contributed by atoms with Crippen molar-refractivity contribution < 1.29 is 9.53 Å². The lowest BCUT2D eigenvalue weighted by molar-refractivity contribution is -0.151. The first-order valence-electron chi connectivity index (χ1n) is 7.65. The number of nitrogens with zero attached hydrogens (tertiary/aromatic N) is 1. The van der Waals surface area contributed by atoms with Crippen molar-refractivity contribution in [2.45, 2.75) is 71.5 Å². The number of hydrogen-bond donors (Lipinski definition) is 1. The number of ether oxygens (including phenoxy) is 1. The van der Waals surface area contributed by atoms with E-state index in [1.807, 2.05) is 13.8 Å². The van der Waals surface area contributed by atoms with Gasteiger partial charge in [0.15, 0.2) is 0 Å². The van der Waals surface area contributed by atoms with Gasteiger partial charge < -0.3 is 4.74 Å². The summed E-state index contributed by atoms with van der Waals surface area (Å²) in [5, 5.41) is 3.48. The summed E-state index contributed by atoms with van der Waals surface area (Å²) in [6.45, 7) is 12.5. The average molecular weight is 270 g/mol. The van der Waals surface area contributed by atoms with E-state index in [4.69, 9.17) is 4.74 Å². The van der Waals surface area contributed by atoms with E-state index in [9.17, 15) is 4.79 Å². The van der Waals surface area contributed by atoms with Crippen molar-refractivity contribution in [1.82, 2.24) is 10.2 Å². The predicted molar refractivity (Wildman–Crippen MR) is 78.2 cm³/mol. The number of hydrogen-bond acceptors (Lipinski definition) is 4. The molecule has 1 rings (SSSR count). The van der Waals surface area contributed by atoms with E-state index in [0.29, 0.717) is 25.2 Å². The van der Waals surface area contributed by atoms with Gasteiger partial charge in [-0.3, -0.25) is 15.0 Å². The van der Waals surface area contributed by atoms with Gasteiger partial charge in [0.1, 0.15) is 5.54 Å². The lowest BCUT2D eigenvalue weighted by Gasteiger charge is -2.37. The quantitative estimate of drug-likeness (QED) is 0.652. The molecule has 0 aliphatic heterocycles. The van der Waals surface area contributed by atoms with Crippen molar-refractivity contribution in [3.05, 3.63) is 0 Å². The summed E-state index contributed by atoms with van der Waals surface area (Å²) >= 11 is 0. The smallest absolute Gasteiger partial charge is 0.327 e. The molecule has 1 N–H and O–H groups in total. The molecular formula is C15H30N2O2. The lowest BCUT2D eigenvalue weighted by atomic mass is 10.00. The second kappa shape index (κ2) is 7.25. The highest BCUT2D eigenvalue weighted by molar-refractivity contribution is 5.80.